The largest absolute Gasteiger partial charge is 0.495 e. The molecule has 0 saturated carbocycles. The monoisotopic (exact) mass is 672 g/mol. The van der Waals surface area contributed by atoms with E-state index in [9.17, 15) is 0 Å². The zero-order chi connectivity index (χ0) is 34.8. The van der Waals surface area contributed by atoms with Gasteiger partial charge in [-0.05, 0) is 49.0 Å². The molecule has 0 bridgehead atoms. The lowest BCUT2D eigenvalue weighted by Crippen LogP contribution is -2.66. The molecule has 5 N–H and O–H groups in total. The lowest BCUT2D eigenvalue weighted by molar-refractivity contribution is -0.0289. The van der Waals surface area contributed by atoms with Gasteiger partial charge in [-0.1, -0.05) is 81.0 Å². The maximum absolute atomic E-state index is 7.08. The number of methoxy groups -OCH3 is 1. The van der Waals surface area contributed by atoms with Crippen molar-refractivity contribution in [3.05, 3.63) is 35.2 Å². The maximum atomic E-state index is 7.08. The van der Waals surface area contributed by atoms with E-state index in [1.165, 1.54) is 0 Å². The van der Waals surface area contributed by atoms with Crippen molar-refractivity contribution in [2.24, 2.45) is 22.4 Å². The zero-order valence-electron chi connectivity index (χ0n) is 30.8. The number of benzene rings is 1. The average molecular weight is 673 g/mol. The standard InChI is InChI=1S/C34H60N4O4Si3/c1-23(2)25-20-26(39-11)24(17-18-44(12,13)14)19-27(25)41-28-21-37-34(36,38-30(28)35)29(22-40-45(15,16)32(6,7)8)33(9,10)42-43-31(3,4)5/h19-21,23,29,37H,22,36H2,1-16H3,(H2,35,38). The van der Waals surface area contributed by atoms with Gasteiger partial charge in [0.1, 0.15) is 19.6 Å². The van der Waals surface area contributed by atoms with Crippen LogP contribution in [0.25, 0.3) is 0 Å². The van der Waals surface area contributed by atoms with Crippen molar-refractivity contribution in [2.75, 3.05) is 13.7 Å². The van der Waals surface area contributed by atoms with Crippen LogP contribution < -0.4 is 26.3 Å². The Morgan fingerprint density at radius 2 is 1.60 bits per heavy atom. The number of amidine groups is 1. The fraction of sp³-hybridized carbons (Fsp3) is 0.676. The van der Waals surface area contributed by atoms with Crippen LogP contribution >= 0.6 is 0 Å². The van der Waals surface area contributed by atoms with Crippen molar-refractivity contribution in [1.29, 1.82) is 0 Å². The van der Waals surface area contributed by atoms with Crippen LogP contribution in [0.3, 0.4) is 0 Å². The van der Waals surface area contributed by atoms with E-state index in [0.29, 0.717) is 18.1 Å². The molecule has 1 aliphatic heterocycles. The summed E-state index contributed by atoms with van der Waals surface area (Å²) in [6, 6.07) is 3.93. The smallest absolute Gasteiger partial charge is 0.236 e. The highest BCUT2D eigenvalue weighted by atomic mass is 28.4. The van der Waals surface area contributed by atoms with Crippen molar-refractivity contribution in [2.45, 2.75) is 129 Å². The number of rotatable bonds is 11. The van der Waals surface area contributed by atoms with E-state index < -0.39 is 27.8 Å². The number of nitrogens with one attached hydrogen (secondary N) is 1. The number of hydrogen-bond donors (Lipinski definition) is 3. The van der Waals surface area contributed by atoms with Gasteiger partial charge in [-0.15, -0.1) is 5.54 Å². The van der Waals surface area contributed by atoms with E-state index in [1.807, 2.05) is 12.1 Å². The third-order valence-corrected chi connectivity index (χ3v) is 14.8. The third-order valence-electron chi connectivity index (χ3n) is 8.15. The SMILES string of the molecule is COc1cc(C(C)C)c(OC2=CNC(N)(C(CO[Si](C)(C)C(C)(C)C)C(C)(C)O[Si]C(C)(C)C)N=C2N)cc1C#C[Si](C)(C)C. The summed E-state index contributed by atoms with van der Waals surface area (Å²) in [6.07, 6.45) is 1.71. The van der Waals surface area contributed by atoms with E-state index >= 15 is 0 Å². The van der Waals surface area contributed by atoms with Crippen LogP contribution in [0, 0.1) is 17.4 Å². The molecule has 11 heteroatoms. The Bertz CT molecular complexity index is 1330. The maximum Gasteiger partial charge on any atom is 0.236 e. The van der Waals surface area contributed by atoms with Crippen LogP contribution in [-0.2, 0) is 8.85 Å². The molecule has 2 unspecified atom stereocenters. The Balaban J connectivity index is 2.52. The molecule has 0 spiro atoms. The molecule has 2 rings (SSSR count). The number of hydrogen-bond acceptors (Lipinski definition) is 8. The molecule has 45 heavy (non-hydrogen) atoms. The molecule has 0 aromatic heterocycles. The van der Waals surface area contributed by atoms with E-state index in [1.54, 1.807) is 13.3 Å². The van der Waals surface area contributed by atoms with Crippen molar-refractivity contribution in [3.63, 3.8) is 0 Å². The zero-order valence-corrected chi connectivity index (χ0v) is 33.8. The lowest BCUT2D eigenvalue weighted by atomic mass is 9.85. The van der Waals surface area contributed by atoms with Gasteiger partial charge >= 0.3 is 0 Å². The van der Waals surface area contributed by atoms with Gasteiger partial charge < -0.3 is 29.4 Å². The van der Waals surface area contributed by atoms with E-state index in [2.05, 4.69) is 119 Å². The predicted octanol–water partition coefficient (Wildman–Crippen LogP) is 7.11. The second-order valence-electron chi connectivity index (χ2n) is 16.5. The van der Waals surface area contributed by atoms with Crippen molar-refractivity contribution >= 4 is 32.0 Å². The van der Waals surface area contributed by atoms with Crippen molar-refractivity contribution < 1.29 is 18.3 Å². The first-order valence-electron chi connectivity index (χ1n) is 15.9. The third kappa shape index (κ3) is 10.7. The summed E-state index contributed by atoms with van der Waals surface area (Å²) in [7, 11) is -1.81. The average Bonchev–Trinajstić information content (AvgIpc) is 2.86. The summed E-state index contributed by atoms with van der Waals surface area (Å²) in [4.78, 5) is 4.84. The quantitative estimate of drug-likeness (QED) is 0.170. The fourth-order valence-electron chi connectivity index (χ4n) is 4.28. The molecule has 2 atom stereocenters. The molecule has 8 nitrogen and oxygen atoms in total. The summed E-state index contributed by atoms with van der Waals surface area (Å²) in [5, 5.41) is 3.37. The van der Waals surface area contributed by atoms with Crippen molar-refractivity contribution in [1.82, 2.24) is 5.32 Å². The molecule has 1 aromatic rings. The molecule has 1 heterocycles. The Kier molecular flexibility index (Phi) is 12.1. The van der Waals surface area contributed by atoms with E-state index in [0.717, 1.165) is 16.9 Å². The number of nitrogens with two attached hydrogens (primary N) is 2. The van der Waals surface area contributed by atoms with Gasteiger partial charge in [-0.3, -0.25) is 5.73 Å². The fourth-order valence-corrected chi connectivity index (χ4v) is 6.52. The molecule has 1 aromatic carbocycles. The van der Waals surface area contributed by atoms with Crippen LogP contribution in [0.15, 0.2) is 29.1 Å². The van der Waals surface area contributed by atoms with Crippen LogP contribution in [0.1, 0.15) is 86.3 Å². The highest BCUT2D eigenvalue weighted by Crippen LogP contribution is 2.40. The molecule has 1 aliphatic rings. The second kappa shape index (κ2) is 14.0. The molecule has 2 radical (unpaired) electrons. The summed E-state index contributed by atoms with van der Waals surface area (Å²) < 4.78 is 25.5. The molecule has 0 amide bonds. The van der Waals surface area contributed by atoms with Gasteiger partial charge in [0, 0.05) is 24.4 Å². The summed E-state index contributed by atoms with van der Waals surface area (Å²) in [5.74, 6) is 3.77. The Morgan fingerprint density at radius 1 is 1.00 bits per heavy atom. The molecular weight excluding hydrogens is 613 g/mol. The Hall–Kier alpha value is -2.08. The lowest BCUT2D eigenvalue weighted by Gasteiger charge is -2.47. The molecule has 0 aliphatic carbocycles. The van der Waals surface area contributed by atoms with Gasteiger partial charge in [0.05, 0.1) is 24.2 Å². The molecule has 252 valence electrons. The van der Waals surface area contributed by atoms with Crippen LogP contribution in [0.4, 0.5) is 0 Å². The van der Waals surface area contributed by atoms with Crippen molar-refractivity contribution in [3.8, 4) is 23.0 Å². The first kappa shape index (κ1) is 39.1. The molecular formula is C34H60N4O4Si3. The number of aliphatic imine (C=N–C) groups is 1. The summed E-state index contributed by atoms with van der Waals surface area (Å²) in [6.45, 7) is 32.9. The van der Waals surface area contributed by atoms with Gasteiger partial charge in [-0.25, -0.2) is 4.99 Å². The highest BCUT2D eigenvalue weighted by Gasteiger charge is 2.49. The summed E-state index contributed by atoms with van der Waals surface area (Å²) >= 11 is 0. The first-order chi connectivity index (χ1) is 20.2. The minimum Gasteiger partial charge on any atom is -0.495 e. The minimum atomic E-state index is -2.11. The number of ether oxygens (including phenoxy) is 2. The summed E-state index contributed by atoms with van der Waals surface area (Å²) in [5.41, 5.74) is 18.2. The van der Waals surface area contributed by atoms with Crippen LogP contribution in [-0.4, -0.2) is 57.1 Å². The van der Waals surface area contributed by atoms with E-state index in [-0.39, 0.29) is 37.5 Å². The Morgan fingerprint density at radius 3 is 2.07 bits per heavy atom. The second-order valence-corrected chi connectivity index (χ2v) is 28.0. The predicted molar refractivity (Wildman–Crippen MR) is 195 cm³/mol. The van der Waals surface area contributed by atoms with E-state index in [4.69, 9.17) is 34.8 Å². The van der Waals surface area contributed by atoms with Gasteiger partial charge in [0.2, 0.25) is 9.76 Å². The van der Waals surface area contributed by atoms with Gasteiger partial charge in [-0.2, -0.15) is 0 Å². The number of nitrogens with zero attached hydrogens (tertiary/aromatic N) is 1. The molecule has 0 saturated heterocycles. The molecule has 0 fully saturated rings. The van der Waals surface area contributed by atoms with Gasteiger partial charge in [0.15, 0.2) is 25.7 Å². The normalized spacial score (nSPS) is 18.8. The topological polar surface area (TPSA) is 113 Å². The van der Waals surface area contributed by atoms with Crippen LogP contribution in [0.2, 0.25) is 42.8 Å². The van der Waals surface area contributed by atoms with Crippen LogP contribution in [0.5, 0.6) is 11.5 Å². The van der Waals surface area contributed by atoms with Gasteiger partial charge in [0.25, 0.3) is 0 Å². The minimum absolute atomic E-state index is 0.00213. The first-order valence-corrected chi connectivity index (χ1v) is 23.2. The highest BCUT2D eigenvalue weighted by molar-refractivity contribution is 6.83. The Labute approximate surface area is 278 Å².